The van der Waals surface area contributed by atoms with E-state index in [2.05, 4.69) is 54.5 Å². The first kappa shape index (κ1) is 24.4. The second-order valence-electron chi connectivity index (χ2n) is 7.92. The van der Waals surface area contributed by atoms with Crippen LogP contribution in [0.2, 0.25) is 0 Å². The molecular weight excluding hydrogens is 468 g/mol. The molecule has 0 saturated carbocycles. The van der Waals surface area contributed by atoms with Crippen LogP contribution in [0.4, 0.5) is 4.39 Å². The Balaban J connectivity index is 0.00000392. The van der Waals surface area contributed by atoms with E-state index in [9.17, 15) is 4.39 Å². The summed E-state index contributed by atoms with van der Waals surface area (Å²) in [6.45, 7) is 12.8. The van der Waals surface area contributed by atoms with Crippen molar-refractivity contribution in [1.29, 1.82) is 0 Å². The fraction of sp³-hybridized carbons (Fsp3) is 0.524. The quantitative estimate of drug-likeness (QED) is 0.342. The summed E-state index contributed by atoms with van der Waals surface area (Å²) in [7, 11) is 1.76. The van der Waals surface area contributed by atoms with Gasteiger partial charge in [0.25, 0.3) is 0 Å². The Labute approximate surface area is 185 Å². The number of benzene rings is 1. The highest BCUT2D eigenvalue weighted by atomic mass is 127. The lowest BCUT2D eigenvalue weighted by Crippen LogP contribution is -2.44. The minimum atomic E-state index is -0.213. The zero-order valence-corrected chi connectivity index (χ0v) is 20.0. The first-order valence-corrected chi connectivity index (χ1v) is 9.43. The lowest BCUT2D eigenvalue weighted by molar-refractivity contribution is 0.434. The lowest BCUT2D eigenvalue weighted by atomic mass is 9.84. The summed E-state index contributed by atoms with van der Waals surface area (Å²) in [6, 6.07) is 8.86. The fourth-order valence-electron chi connectivity index (χ4n) is 3.03. The van der Waals surface area contributed by atoms with Crippen molar-refractivity contribution >= 4 is 29.9 Å². The molecule has 0 bridgehead atoms. The molecule has 0 saturated heterocycles. The predicted octanol–water partition coefficient (Wildman–Crippen LogP) is 4.04. The number of hydrogen-bond acceptors (Lipinski definition) is 2. The molecule has 7 heteroatoms. The number of guanidine groups is 1. The molecule has 0 amide bonds. The smallest absolute Gasteiger partial charge is 0.191 e. The molecule has 5 nitrogen and oxygen atoms in total. The van der Waals surface area contributed by atoms with Gasteiger partial charge in [0.2, 0.25) is 0 Å². The molecule has 1 aromatic heterocycles. The highest BCUT2D eigenvalue weighted by Crippen LogP contribution is 2.22. The summed E-state index contributed by atoms with van der Waals surface area (Å²) in [4.78, 5) is 4.30. The fourth-order valence-corrected chi connectivity index (χ4v) is 3.03. The molecule has 1 unspecified atom stereocenters. The molecule has 0 fully saturated rings. The zero-order valence-electron chi connectivity index (χ0n) is 17.7. The Hall–Kier alpha value is -1.64. The van der Waals surface area contributed by atoms with Crippen molar-refractivity contribution in [2.75, 3.05) is 20.1 Å². The van der Waals surface area contributed by atoms with E-state index < -0.39 is 0 Å². The third-order valence-corrected chi connectivity index (χ3v) is 4.73. The van der Waals surface area contributed by atoms with Crippen molar-refractivity contribution in [3.63, 3.8) is 0 Å². The number of halogens is 2. The Morgan fingerprint density at radius 1 is 1.25 bits per heavy atom. The van der Waals surface area contributed by atoms with Crippen LogP contribution in [0.3, 0.4) is 0 Å². The predicted molar refractivity (Wildman–Crippen MR) is 125 cm³/mol. The van der Waals surface area contributed by atoms with Crippen molar-refractivity contribution in [2.45, 2.75) is 46.6 Å². The van der Waals surface area contributed by atoms with Crippen molar-refractivity contribution < 1.29 is 4.39 Å². The Morgan fingerprint density at radius 3 is 2.54 bits per heavy atom. The topological polar surface area (TPSA) is 54.2 Å². The highest BCUT2D eigenvalue weighted by Gasteiger charge is 2.21. The minimum absolute atomic E-state index is 0. The summed E-state index contributed by atoms with van der Waals surface area (Å²) in [6.07, 6.45) is 0. The van der Waals surface area contributed by atoms with Gasteiger partial charge < -0.3 is 10.6 Å². The maximum atomic E-state index is 13.5. The van der Waals surface area contributed by atoms with Gasteiger partial charge in [-0.3, -0.25) is 9.67 Å². The largest absolute Gasteiger partial charge is 0.356 e. The highest BCUT2D eigenvalue weighted by molar-refractivity contribution is 14.0. The van der Waals surface area contributed by atoms with Crippen LogP contribution in [0, 0.1) is 25.6 Å². The molecule has 1 aromatic carbocycles. The van der Waals surface area contributed by atoms with Gasteiger partial charge in [-0.2, -0.15) is 5.10 Å². The first-order chi connectivity index (χ1) is 12.7. The van der Waals surface area contributed by atoms with Gasteiger partial charge in [0.1, 0.15) is 5.82 Å². The van der Waals surface area contributed by atoms with Crippen LogP contribution in [-0.2, 0) is 12.0 Å². The second-order valence-corrected chi connectivity index (χ2v) is 7.92. The van der Waals surface area contributed by atoms with Crippen LogP contribution in [0.25, 0.3) is 0 Å². The van der Waals surface area contributed by atoms with Crippen LogP contribution in [-0.4, -0.2) is 35.9 Å². The Bertz CT molecular complexity index is 785. The molecule has 0 radical (unpaired) electrons. The molecule has 2 rings (SSSR count). The molecule has 0 aliphatic rings. The van der Waals surface area contributed by atoms with Crippen molar-refractivity contribution in [1.82, 2.24) is 20.4 Å². The third kappa shape index (κ3) is 7.07. The summed E-state index contributed by atoms with van der Waals surface area (Å²) in [5.41, 5.74) is 2.97. The van der Waals surface area contributed by atoms with Crippen LogP contribution in [0.1, 0.15) is 37.7 Å². The third-order valence-electron chi connectivity index (χ3n) is 4.73. The van der Waals surface area contributed by atoms with Gasteiger partial charge in [-0.15, -0.1) is 24.0 Å². The van der Waals surface area contributed by atoms with Crippen LogP contribution in [0.15, 0.2) is 35.3 Å². The van der Waals surface area contributed by atoms with E-state index in [1.807, 2.05) is 17.7 Å². The normalized spacial score (nSPS) is 13.0. The Morgan fingerprint density at radius 2 is 1.96 bits per heavy atom. The molecule has 1 atom stereocenters. The van der Waals surface area contributed by atoms with Gasteiger partial charge >= 0.3 is 0 Å². The monoisotopic (exact) mass is 501 g/mol. The van der Waals surface area contributed by atoms with E-state index in [1.165, 1.54) is 11.8 Å². The maximum absolute atomic E-state index is 13.5. The molecule has 156 valence electrons. The van der Waals surface area contributed by atoms with E-state index in [0.717, 1.165) is 30.3 Å². The molecule has 0 aliphatic heterocycles. The standard InChI is InChI=1S/C21H32FN5.HI/c1-15(13-27-17(3)10-16(2)26-27)12-24-20(23-6)25-14-21(4,5)18-8-7-9-19(22)11-18;/h7-11,15H,12-14H2,1-6H3,(H2,23,24,25);1H. The summed E-state index contributed by atoms with van der Waals surface area (Å²) >= 11 is 0. The van der Waals surface area contributed by atoms with Crippen molar-refractivity contribution in [3.8, 4) is 0 Å². The van der Waals surface area contributed by atoms with Crippen molar-refractivity contribution in [3.05, 3.63) is 53.1 Å². The first-order valence-electron chi connectivity index (χ1n) is 9.43. The zero-order chi connectivity index (χ0) is 20.0. The lowest BCUT2D eigenvalue weighted by Gasteiger charge is -2.27. The van der Waals surface area contributed by atoms with Gasteiger partial charge in [-0.25, -0.2) is 4.39 Å². The van der Waals surface area contributed by atoms with Crippen molar-refractivity contribution in [2.24, 2.45) is 10.9 Å². The minimum Gasteiger partial charge on any atom is -0.356 e. The van der Waals surface area contributed by atoms with Crippen LogP contribution < -0.4 is 10.6 Å². The van der Waals surface area contributed by atoms with Gasteiger partial charge in [-0.05, 0) is 43.5 Å². The molecule has 1 heterocycles. The summed E-state index contributed by atoms with van der Waals surface area (Å²) in [5.74, 6) is 0.943. The van der Waals surface area contributed by atoms with E-state index in [-0.39, 0.29) is 35.2 Å². The number of rotatable bonds is 7. The maximum Gasteiger partial charge on any atom is 0.191 e. The average Bonchev–Trinajstić information content (AvgIpc) is 2.92. The van der Waals surface area contributed by atoms with Crippen LogP contribution in [0.5, 0.6) is 0 Å². The molecule has 0 spiro atoms. The SMILES string of the molecule is CN=C(NCC(C)Cn1nc(C)cc1C)NCC(C)(C)c1cccc(F)c1.I. The number of aromatic nitrogens is 2. The molecule has 28 heavy (non-hydrogen) atoms. The number of aliphatic imine (C=N–C) groups is 1. The number of hydrogen-bond donors (Lipinski definition) is 2. The number of nitrogens with zero attached hydrogens (tertiary/aromatic N) is 3. The number of nitrogens with one attached hydrogen (secondary N) is 2. The molecule has 2 aromatic rings. The number of aryl methyl sites for hydroxylation is 2. The van der Waals surface area contributed by atoms with E-state index >= 15 is 0 Å². The van der Waals surface area contributed by atoms with Crippen LogP contribution >= 0.6 is 24.0 Å². The van der Waals surface area contributed by atoms with Gasteiger partial charge in [0, 0.05) is 37.8 Å². The van der Waals surface area contributed by atoms with E-state index in [1.54, 1.807) is 19.2 Å². The molecule has 0 aliphatic carbocycles. The van der Waals surface area contributed by atoms with E-state index in [4.69, 9.17) is 0 Å². The van der Waals surface area contributed by atoms with Gasteiger partial charge in [0.15, 0.2) is 5.96 Å². The second kappa shape index (κ2) is 10.8. The summed E-state index contributed by atoms with van der Waals surface area (Å²) in [5, 5.41) is 11.3. The van der Waals surface area contributed by atoms with Gasteiger partial charge in [-0.1, -0.05) is 32.9 Å². The molecule has 2 N–H and O–H groups in total. The van der Waals surface area contributed by atoms with Gasteiger partial charge in [0.05, 0.1) is 5.69 Å². The summed E-state index contributed by atoms with van der Waals surface area (Å²) < 4.78 is 15.6. The Kier molecular flexibility index (Phi) is 9.39. The average molecular weight is 501 g/mol. The van der Waals surface area contributed by atoms with E-state index in [0.29, 0.717) is 12.5 Å². The molecular formula is C21H33FIN5.